The van der Waals surface area contributed by atoms with Gasteiger partial charge >= 0.3 is 11.9 Å². The van der Waals surface area contributed by atoms with Crippen LogP contribution in [-0.2, 0) is 9.47 Å². The number of hydrogen-bond donors (Lipinski definition) is 0. The molecule has 0 N–H and O–H groups in total. The van der Waals surface area contributed by atoms with E-state index in [1.807, 2.05) is 18.2 Å². The zero-order valence-electron chi connectivity index (χ0n) is 16.5. The molecule has 0 aliphatic carbocycles. The summed E-state index contributed by atoms with van der Waals surface area (Å²) in [6.07, 6.45) is 0. The van der Waals surface area contributed by atoms with Gasteiger partial charge < -0.3 is 9.47 Å². The maximum atomic E-state index is 12.4. The van der Waals surface area contributed by atoms with Crippen molar-refractivity contribution in [2.24, 2.45) is 0 Å². The van der Waals surface area contributed by atoms with Crippen LogP contribution in [0, 0.1) is 0 Å². The molecule has 6 heteroatoms. The van der Waals surface area contributed by atoms with Gasteiger partial charge in [0.15, 0.2) is 5.78 Å². The minimum absolute atomic E-state index is 0.107. The third-order valence-corrected chi connectivity index (χ3v) is 6.44. The van der Waals surface area contributed by atoms with Gasteiger partial charge in [-0.05, 0) is 36.2 Å². The van der Waals surface area contributed by atoms with Crippen LogP contribution in [0.1, 0.15) is 38.0 Å². The minimum atomic E-state index is -1.63. The Hall–Kier alpha value is -2.73. The van der Waals surface area contributed by atoms with E-state index in [1.54, 1.807) is 6.07 Å². The van der Waals surface area contributed by atoms with Crippen LogP contribution in [0.4, 0.5) is 0 Å². The highest BCUT2D eigenvalue weighted by atomic mass is 28.3. The molecule has 0 aliphatic heterocycles. The molecule has 0 spiro atoms. The average molecular weight is 385 g/mol. The molecule has 0 fully saturated rings. The van der Waals surface area contributed by atoms with Gasteiger partial charge in [0.05, 0.1) is 33.4 Å². The van der Waals surface area contributed by atoms with Gasteiger partial charge in [-0.25, -0.2) is 9.59 Å². The highest BCUT2D eigenvalue weighted by molar-refractivity contribution is 6.88. The van der Waals surface area contributed by atoms with E-state index in [2.05, 4.69) is 19.6 Å². The van der Waals surface area contributed by atoms with Crippen molar-refractivity contribution in [3.05, 3.63) is 53.1 Å². The van der Waals surface area contributed by atoms with E-state index in [4.69, 9.17) is 9.47 Å². The summed E-state index contributed by atoms with van der Waals surface area (Å²) in [6.45, 7) is 8.09. The van der Waals surface area contributed by atoms with Crippen LogP contribution >= 0.6 is 0 Å². The van der Waals surface area contributed by atoms with Crippen molar-refractivity contribution in [1.82, 2.24) is 0 Å². The van der Waals surface area contributed by atoms with E-state index in [0.717, 1.165) is 5.19 Å². The summed E-state index contributed by atoms with van der Waals surface area (Å²) in [5, 5.41) is 1.14. The Bertz CT molecular complexity index is 909. The van der Waals surface area contributed by atoms with E-state index in [9.17, 15) is 14.4 Å². The van der Waals surface area contributed by atoms with E-state index < -0.39 is 20.0 Å². The first-order valence-corrected chi connectivity index (χ1v) is 12.1. The van der Waals surface area contributed by atoms with Crippen molar-refractivity contribution in [3.8, 4) is 11.1 Å². The highest BCUT2D eigenvalue weighted by Crippen LogP contribution is 2.30. The lowest BCUT2D eigenvalue weighted by Crippen LogP contribution is -2.37. The Morgan fingerprint density at radius 1 is 0.778 bits per heavy atom. The molecule has 0 aromatic heterocycles. The standard InChI is InChI=1S/C21H24O5Si/c1-13(22)18-12-15(27(4,5)6)8-10-16(18)19-11-14(20(23)25-2)7-9-17(19)21(24)26-3/h7-12H,1-6H3. The molecule has 5 nitrogen and oxygen atoms in total. The maximum Gasteiger partial charge on any atom is 0.338 e. The van der Waals surface area contributed by atoms with Crippen LogP contribution in [0.3, 0.4) is 0 Å². The molecule has 27 heavy (non-hydrogen) atoms. The molecule has 2 rings (SSSR count). The fourth-order valence-corrected chi connectivity index (χ4v) is 4.00. The molecule has 0 bridgehead atoms. The Morgan fingerprint density at radius 2 is 1.41 bits per heavy atom. The van der Waals surface area contributed by atoms with Crippen LogP contribution in [0.5, 0.6) is 0 Å². The van der Waals surface area contributed by atoms with Crippen LogP contribution < -0.4 is 5.19 Å². The second kappa shape index (κ2) is 7.88. The van der Waals surface area contributed by atoms with Gasteiger partial charge in [0.25, 0.3) is 0 Å². The number of carbonyl (C=O) groups excluding carboxylic acids is 3. The predicted octanol–water partition coefficient (Wildman–Crippen LogP) is 3.67. The molecule has 0 saturated heterocycles. The Morgan fingerprint density at radius 3 is 1.93 bits per heavy atom. The molecule has 0 heterocycles. The molecule has 0 unspecified atom stereocenters. The summed E-state index contributed by atoms with van der Waals surface area (Å²) >= 11 is 0. The van der Waals surface area contributed by atoms with Crippen LogP contribution in [0.2, 0.25) is 19.6 Å². The Kier molecular flexibility index (Phi) is 6.00. The summed E-state index contributed by atoms with van der Waals surface area (Å²) in [7, 11) is 0.955. The molecule has 142 valence electrons. The third kappa shape index (κ3) is 4.34. The van der Waals surface area contributed by atoms with Gasteiger partial charge in [0.1, 0.15) is 0 Å². The van der Waals surface area contributed by atoms with Gasteiger partial charge in [-0.1, -0.05) is 43.0 Å². The number of carbonyl (C=O) groups is 3. The van der Waals surface area contributed by atoms with Gasteiger partial charge in [-0.3, -0.25) is 4.79 Å². The van der Waals surface area contributed by atoms with Crippen LogP contribution in [0.15, 0.2) is 36.4 Å². The number of rotatable bonds is 5. The van der Waals surface area contributed by atoms with Crippen molar-refractivity contribution in [3.63, 3.8) is 0 Å². The SMILES string of the molecule is COC(=O)c1ccc(C(=O)OC)c(-c2ccc([Si](C)(C)C)cc2C(C)=O)c1. The summed E-state index contributed by atoms with van der Waals surface area (Å²) < 4.78 is 9.65. The first-order valence-electron chi connectivity index (χ1n) is 8.56. The van der Waals surface area contributed by atoms with Gasteiger partial charge in [-0.2, -0.15) is 0 Å². The highest BCUT2D eigenvalue weighted by Gasteiger charge is 2.23. The first-order chi connectivity index (χ1) is 12.6. The number of methoxy groups -OCH3 is 2. The number of hydrogen-bond acceptors (Lipinski definition) is 5. The number of esters is 2. The number of ether oxygens (including phenoxy) is 2. The van der Waals surface area contributed by atoms with Crippen molar-refractivity contribution in [2.75, 3.05) is 14.2 Å². The van der Waals surface area contributed by atoms with Crippen LogP contribution in [0.25, 0.3) is 11.1 Å². The molecule has 0 amide bonds. The quantitative estimate of drug-likeness (QED) is 0.447. The Labute approximate surface area is 160 Å². The van der Waals surface area contributed by atoms with E-state index in [0.29, 0.717) is 22.3 Å². The zero-order chi connectivity index (χ0) is 20.4. The van der Waals surface area contributed by atoms with Crippen molar-refractivity contribution in [1.29, 1.82) is 0 Å². The number of ketones is 1. The molecule has 2 aromatic carbocycles. The number of benzene rings is 2. The smallest absolute Gasteiger partial charge is 0.338 e. The van der Waals surface area contributed by atoms with Crippen LogP contribution in [-0.4, -0.2) is 40.0 Å². The minimum Gasteiger partial charge on any atom is -0.465 e. The summed E-state index contributed by atoms with van der Waals surface area (Å²) in [5.74, 6) is -1.16. The van der Waals surface area contributed by atoms with Crippen molar-refractivity contribution < 1.29 is 23.9 Å². The predicted molar refractivity (Wildman–Crippen MR) is 108 cm³/mol. The fraction of sp³-hybridized carbons (Fsp3) is 0.286. The lowest BCUT2D eigenvalue weighted by Gasteiger charge is -2.20. The average Bonchev–Trinajstić information content (AvgIpc) is 2.64. The molecule has 0 radical (unpaired) electrons. The van der Waals surface area contributed by atoms with Crippen molar-refractivity contribution >= 4 is 31.0 Å². The van der Waals surface area contributed by atoms with Gasteiger partial charge in [-0.15, -0.1) is 0 Å². The molecular formula is C21H24O5Si. The zero-order valence-corrected chi connectivity index (χ0v) is 17.5. The fourth-order valence-electron chi connectivity index (χ4n) is 2.84. The Balaban J connectivity index is 2.80. The lowest BCUT2D eigenvalue weighted by atomic mass is 9.92. The molecule has 0 aliphatic rings. The normalized spacial score (nSPS) is 11.0. The first kappa shape index (κ1) is 20.6. The largest absolute Gasteiger partial charge is 0.465 e. The van der Waals surface area contributed by atoms with Gasteiger partial charge in [0.2, 0.25) is 0 Å². The van der Waals surface area contributed by atoms with Crippen molar-refractivity contribution in [2.45, 2.75) is 26.6 Å². The third-order valence-electron chi connectivity index (χ3n) is 4.40. The lowest BCUT2D eigenvalue weighted by molar-refractivity contribution is 0.0587. The molecular weight excluding hydrogens is 360 g/mol. The topological polar surface area (TPSA) is 69.7 Å². The molecule has 0 atom stereocenters. The van der Waals surface area contributed by atoms with Gasteiger partial charge in [0, 0.05) is 5.56 Å². The van der Waals surface area contributed by atoms with E-state index in [-0.39, 0.29) is 11.3 Å². The summed E-state index contributed by atoms with van der Waals surface area (Å²) in [5.41, 5.74) is 2.16. The molecule has 0 saturated carbocycles. The summed E-state index contributed by atoms with van der Waals surface area (Å²) in [6, 6.07) is 10.3. The second-order valence-corrected chi connectivity index (χ2v) is 12.4. The maximum absolute atomic E-state index is 12.4. The summed E-state index contributed by atoms with van der Waals surface area (Å²) in [4.78, 5) is 36.6. The molecule has 2 aromatic rings. The van der Waals surface area contributed by atoms with E-state index >= 15 is 0 Å². The van der Waals surface area contributed by atoms with E-state index in [1.165, 1.54) is 33.3 Å². The monoisotopic (exact) mass is 384 g/mol. The number of Topliss-reactive ketones (excluding diaryl/α,β-unsaturated/α-hetero) is 1. The second-order valence-electron chi connectivity index (χ2n) is 7.31.